The van der Waals surface area contributed by atoms with Gasteiger partial charge in [0.1, 0.15) is 16.5 Å². The Morgan fingerprint density at radius 2 is 2.23 bits per heavy atom. The normalized spacial score (nSPS) is 17.2. The lowest BCUT2D eigenvalue weighted by atomic mass is 10.3. The maximum Gasteiger partial charge on any atom is 0.409 e. The first-order valence-electron chi connectivity index (χ1n) is 7.86. The molecule has 138 valence electrons. The van der Waals surface area contributed by atoms with Crippen molar-refractivity contribution in [1.29, 1.82) is 5.41 Å². The van der Waals surface area contributed by atoms with Gasteiger partial charge in [0.15, 0.2) is 6.17 Å². The summed E-state index contributed by atoms with van der Waals surface area (Å²) in [4.78, 5) is 10.6. The Bertz CT molecular complexity index is 822. The highest BCUT2D eigenvalue weighted by Gasteiger charge is 2.26. The summed E-state index contributed by atoms with van der Waals surface area (Å²) < 4.78 is 39.3. The molecule has 1 atom stereocenters. The van der Waals surface area contributed by atoms with Crippen LogP contribution in [0.5, 0.6) is 0 Å². The van der Waals surface area contributed by atoms with Crippen molar-refractivity contribution >= 4 is 23.6 Å². The molecule has 26 heavy (non-hydrogen) atoms. The van der Waals surface area contributed by atoms with Crippen LogP contribution in [0, 0.1) is 5.41 Å². The van der Waals surface area contributed by atoms with E-state index in [2.05, 4.69) is 15.3 Å². The standard InChI is InChI=1S/C16H17F3N6S/c1-2-25-12(3-4-16(17,18)19)11(9-20)23-13(25)10-24-7-5-21-14(24)15-22-6-8-26-15/h3-9,14,20-21H,2,10H2,1H3/b4-3+,20-9?. The molecular formula is C16H17F3N6S. The predicted molar refractivity (Wildman–Crippen MR) is 93.5 cm³/mol. The lowest BCUT2D eigenvalue weighted by Crippen LogP contribution is -2.27. The van der Waals surface area contributed by atoms with Crippen LogP contribution < -0.4 is 5.32 Å². The Morgan fingerprint density at radius 1 is 1.42 bits per heavy atom. The van der Waals surface area contributed by atoms with Crippen LogP contribution in [0.15, 0.2) is 30.1 Å². The summed E-state index contributed by atoms with van der Waals surface area (Å²) in [7, 11) is 0. The molecule has 0 fully saturated rings. The number of imidazole rings is 1. The second-order valence-corrected chi connectivity index (χ2v) is 6.42. The maximum absolute atomic E-state index is 12.6. The average Bonchev–Trinajstić information content (AvgIpc) is 3.31. The number of rotatable bonds is 6. The number of thiazole rings is 1. The van der Waals surface area contributed by atoms with E-state index in [1.165, 1.54) is 11.3 Å². The number of halogens is 3. The first-order valence-corrected chi connectivity index (χ1v) is 8.74. The summed E-state index contributed by atoms with van der Waals surface area (Å²) in [5.74, 6) is 0.586. The minimum absolute atomic E-state index is 0.144. The molecule has 0 radical (unpaired) electrons. The van der Waals surface area contributed by atoms with E-state index in [0.717, 1.165) is 17.3 Å². The van der Waals surface area contributed by atoms with Gasteiger partial charge >= 0.3 is 6.18 Å². The third kappa shape index (κ3) is 3.79. The van der Waals surface area contributed by atoms with Crippen LogP contribution in [-0.2, 0) is 13.1 Å². The fourth-order valence-corrected chi connectivity index (χ4v) is 3.48. The quantitative estimate of drug-likeness (QED) is 0.750. The van der Waals surface area contributed by atoms with Crippen molar-refractivity contribution in [1.82, 2.24) is 24.8 Å². The van der Waals surface area contributed by atoms with E-state index in [4.69, 9.17) is 5.41 Å². The Hall–Kier alpha value is -2.62. The minimum Gasteiger partial charge on any atom is -0.364 e. The molecular weight excluding hydrogens is 365 g/mol. The summed E-state index contributed by atoms with van der Waals surface area (Å²) >= 11 is 1.51. The zero-order chi connectivity index (χ0) is 18.7. The van der Waals surface area contributed by atoms with E-state index >= 15 is 0 Å². The number of allylic oxidation sites excluding steroid dienone is 1. The summed E-state index contributed by atoms with van der Waals surface area (Å²) in [6, 6.07) is 0. The molecule has 3 heterocycles. The molecule has 0 bridgehead atoms. The van der Waals surface area contributed by atoms with E-state index < -0.39 is 6.18 Å². The Morgan fingerprint density at radius 3 is 2.85 bits per heavy atom. The molecule has 1 unspecified atom stereocenters. The molecule has 0 amide bonds. The molecule has 0 saturated heterocycles. The van der Waals surface area contributed by atoms with Crippen molar-refractivity contribution < 1.29 is 13.2 Å². The summed E-state index contributed by atoms with van der Waals surface area (Å²) in [5, 5.41) is 13.4. The molecule has 1 aliphatic heterocycles. The molecule has 6 nitrogen and oxygen atoms in total. The van der Waals surface area contributed by atoms with Crippen LogP contribution in [0.3, 0.4) is 0 Å². The van der Waals surface area contributed by atoms with Gasteiger partial charge < -0.3 is 20.2 Å². The van der Waals surface area contributed by atoms with E-state index in [0.29, 0.717) is 18.9 Å². The molecule has 1 aliphatic rings. The molecule has 0 aliphatic carbocycles. The van der Waals surface area contributed by atoms with Gasteiger partial charge in [0.05, 0.1) is 12.2 Å². The zero-order valence-corrected chi connectivity index (χ0v) is 14.7. The van der Waals surface area contributed by atoms with Gasteiger partial charge in [-0.05, 0) is 13.0 Å². The molecule has 10 heteroatoms. The third-order valence-corrected chi connectivity index (χ3v) is 4.69. The minimum atomic E-state index is -4.42. The molecule has 2 N–H and O–H groups in total. The number of aromatic nitrogens is 3. The zero-order valence-electron chi connectivity index (χ0n) is 13.9. The predicted octanol–water partition coefficient (Wildman–Crippen LogP) is 3.51. The number of hydrogen-bond acceptors (Lipinski definition) is 6. The van der Waals surface area contributed by atoms with Gasteiger partial charge in [0.2, 0.25) is 0 Å². The smallest absolute Gasteiger partial charge is 0.364 e. The summed E-state index contributed by atoms with van der Waals surface area (Å²) in [5.41, 5.74) is 0.487. The molecule has 0 aromatic carbocycles. The number of nitrogens with one attached hydrogen (secondary N) is 2. The van der Waals surface area contributed by atoms with Crippen LogP contribution >= 0.6 is 11.3 Å². The lowest BCUT2D eigenvalue weighted by Gasteiger charge is -2.23. The highest BCUT2D eigenvalue weighted by atomic mass is 32.1. The van der Waals surface area contributed by atoms with Crippen molar-refractivity contribution in [2.24, 2.45) is 0 Å². The number of alkyl halides is 3. The van der Waals surface area contributed by atoms with E-state index in [1.54, 1.807) is 17.0 Å². The van der Waals surface area contributed by atoms with Gasteiger partial charge in [0.25, 0.3) is 0 Å². The molecule has 0 spiro atoms. The van der Waals surface area contributed by atoms with E-state index in [1.807, 2.05) is 23.4 Å². The summed E-state index contributed by atoms with van der Waals surface area (Å²) in [6.07, 6.45) is 2.93. The largest absolute Gasteiger partial charge is 0.409 e. The van der Waals surface area contributed by atoms with Gasteiger partial charge in [0, 0.05) is 42.8 Å². The van der Waals surface area contributed by atoms with Crippen molar-refractivity contribution in [3.8, 4) is 0 Å². The highest BCUT2D eigenvalue weighted by Crippen LogP contribution is 2.27. The first-order chi connectivity index (χ1) is 12.4. The van der Waals surface area contributed by atoms with Crippen molar-refractivity contribution in [3.63, 3.8) is 0 Å². The van der Waals surface area contributed by atoms with Crippen molar-refractivity contribution in [3.05, 3.63) is 52.3 Å². The third-order valence-electron chi connectivity index (χ3n) is 3.86. The van der Waals surface area contributed by atoms with Crippen LogP contribution in [0.2, 0.25) is 0 Å². The Balaban J connectivity index is 1.90. The van der Waals surface area contributed by atoms with Gasteiger partial charge in [-0.2, -0.15) is 13.2 Å². The molecule has 2 aromatic rings. The Labute approximate surface area is 152 Å². The van der Waals surface area contributed by atoms with Crippen LogP contribution in [0.1, 0.15) is 35.3 Å². The van der Waals surface area contributed by atoms with Crippen LogP contribution in [0.25, 0.3) is 6.08 Å². The van der Waals surface area contributed by atoms with Crippen LogP contribution in [0.4, 0.5) is 13.2 Å². The fourth-order valence-electron chi connectivity index (χ4n) is 2.76. The number of hydrogen-bond donors (Lipinski definition) is 2. The van der Waals surface area contributed by atoms with Crippen LogP contribution in [-0.4, -0.2) is 31.8 Å². The molecule has 3 rings (SSSR count). The van der Waals surface area contributed by atoms with Crippen molar-refractivity contribution in [2.45, 2.75) is 32.4 Å². The van der Waals surface area contributed by atoms with Gasteiger partial charge in [-0.25, -0.2) is 9.97 Å². The number of nitrogens with zero attached hydrogens (tertiary/aromatic N) is 4. The monoisotopic (exact) mass is 382 g/mol. The van der Waals surface area contributed by atoms with E-state index in [-0.39, 0.29) is 23.6 Å². The molecule has 2 aromatic heterocycles. The lowest BCUT2D eigenvalue weighted by molar-refractivity contribution is -0.0790. The second kappa shape index (κ2) is 7.32. The topological polar surface area (TPSA) is 69.8 Å². The SMILES string of the molecule is CCn1c(CN2C=CNC2c2nccs2)nc(C=N)c1/C=C/C(F)(F)F. The Kier molecular flexibility index (Phi) is 5.12. The van der Waals surface area contributed by atoms with E-state index in [9.17, 15) is 13.2 Å². The van der Waals surface area contributed by atoms with Gasteiger partial charge in [-0.3, -0.25) is 0 Å². The summed E-state index contributed by atoms with van der Waals surface area (Å²) in [6.45, 7) is 2.66. The second-order valence-electron chi connectivity index (χ2n) is 5.49. The fraction of sp³-hybridized carbons (Fsp3) is 0.312. The average molecular weight is 382 g/mol. The van der Waals surface area contributed by atoms with Gasteiger partial charge in [-0.15, -0.1) is 11.3 Å². The van der Waals surface area contributed by atoms with Gasteiger partial charge in [-0.1, -0.05) is 0 Å². The maximum atomic E-state index is 12.6. The van der Waals surface area contributed by atoms with Crippen molar-refractivity contribution in [2.75, 3.05) is 0 Å². The first kappa shape index (κ1) is 18.2. The molecule has 0 saturated carbocycles. The highest BCUT2D eigenvalue weighted by molar-refractivity contribution is 7.09.